The van der Waals surface area contributed by atoms with Crippen molar-refractivity contribution in [1.29, 1.82) is 0 Å². The van der Waals surface area contributed by atoms with Gasteiger partial charge in [0.25, 0.3) is 5.91 Å². The molecule has 0 spiro atoms. The molecule has 8 heteroatoms. The van der Waals surface area contributed by atoms with E-state index in [-0.39, 0.29) is 12.5 Å². The summed E-state index contributed by atoms with van der Waals surface area (Å²) in [6.45, 7) is 4.59. The highest BCUT2D eigenvalue weighted by atomic mass is 32.1. The molecule has 1 saturated heterocycles. The van der Waals surface area contributed by atoms with Crippen molar-refractivity contribution in [1.82, 2.24) is 14.8 Å². The molecular formula is C28H30N4O2S2. The number of hydrogen-bond donors (Lipinski definition) is 0. The van der Waals surface area contributed by atoms with Crippen LogP contribution in [-0.2, 0) is 17.9 Å². The van der Waals surface area contributed by atoms with E-state index in [1.54, 1.807) is 22.7 Å². The lowest BCUT2D eigenvalue weighted by Gasteiger charge is -2.36. The molecule has 0 N–H and O–H groups in total. The Labute approximate surface area is 220 Å². The zero-order chi connectivity index (χ0) is 24.7. The number of thiophene rings is 1. The Morgan fingerprint density at radius 3 is 2.58 bits per heavy atom. The fraction of sp³-hybridized carbons (Fsp3) is 0.286. The number of anilines is 1. The summed E-state index contributed by atoms with van der Waals surface area (Å²) < 4.78 is 6.13. The number of amides is 1. The number of nitrogens with zero attached hydrogens (tertiary/aromatic N) is 4. The van der Waals surface area contributed by atoms with E-state index < -0.39 is 0 Å². The summed E-state index contributed by atoms with van der Waals surface area (Å²) >= 11 is 3.33. The van der Waals surface area contributed by atoms with Crippen LogP contribution in [0.3, 0.4) is 0 Å². The molecule has 0 bridgehead atoms. The summed E-state index contributed by atoms with van der Waals surface area (Å²) in [5, 5.41) is 4.16. The monoisotopic (exact) mass is 518 g/mol. The number of para-hydroxylation sites is 1. The van der Waals surface area contributed by atoms with E-state index in [1.165, 1.54) is 10.6 Å². The second kappa shape index (κ2) is 11.7. The molecule has 0 saturated carbocycles. The fourth-order valence-electron chi connectivity index (χ4n) is 4.46. The number of rotatable bonds is 9. The smallest absolute Gasteiger partial charge is 0.260 e. The van der Waals surface area contributed by atoms with Crippen LogP contribution in [0.4, 0.5) is 5.69 Å². The average molecular weight is 519 g/mol. The van der Waals surface area contributed by atoms with E-state index in [1.807, 2.05) is 22.5 Å². The first-order valence-electron chi connectivity index (χ1n) is 12.1. The van der Waals surface area contributed by atoms with Crippen LogP contribution in [0, 0.1) is 0 Å². The quantitative estimate of drug-likeness (QED) is 0.304. The molecular weight excluding hydrogens is 488 g/mol. The number of aromatic nitrogens is 1. The SMILES string of the molecule is CN(Cc1cscn1)Cc1cc(-c2cccs2)ccc1OCC(=O)N1CCN(c2ccccc2)CC1. The van der Waals surface area contributed by atoms with Crippen molar-refractivity contribution in [3.63, 3.8) is 0 Å². The van der Waals surface area contributed by atoms with Crippen LogP contribution in [0.1, 0.15) is 11.3 Å². The van der Waals surface area contributed by atoms with Crippen molar-refractivity contribution in [3.8, 4) is 16.2 Å². The molecule has 1 aliphatic rings. The van der Waals surface area contributed by atoms with Crippen molar-refractivity contribution in [2.75, 3.05) is 44.7 Å². The molecule has 2 aromatic carbocycles. The van der Waals surface area contributed by atoms with Gasteiger partial charge in [0, 0.05) is 60.8 Å². The van der Waals surface area contributed by atoms with E-state index in [2.05, 4.69) is 81.1 Å². The van der Waals surface area contributed by atoms with Gasteiger partial charge in [-0.1, -0.05) is 24.3 Å². The van der Waals surface area contributed by atoms with Gasteiger partial charge in [-0.25, -0.2) is 4.98 Å². The van der Waals surface area contributed by atoms with Gasteiger partial charge >= 0.3 is 0 Å². The molecule has 36 heavy (non-hydrogen) atoms. The maximum absolute atomic E-state index is 13.0. The third kappa shape index (κ3) is 6.13. The van der Waals surface area contributed by atoms with E-state index >= 15 is 0 Å². The molecule has 6 nitrogen and oxygen atoms in total. The third-order valence-corrected chi connectivity index (χ3v) is 7.88. The Morgan fingerprint density at radius 2 is 1.86 bits per heavy atom. The average Bonchev–Trinajstić information content (AvgIpc) is 3.63. The number of carbonyl (C=O) groups is 1. The van der Waals surface area contributed by atoms with Crippen LogP contribution in [0.5, 0.6) is 5.75 Å². The van der Waals surface area contributed by atoms with Gasteiger partial charge in [0.2, 0.25) is 0 Å². The summed E-state index contributed by atoms with van der Waals surface area (Å²) in [6, 6.07) is 20.8. The van der Waals surface area contributed by atoms with Gasteiger partial charge < -0.3 is 14.5 Å². The molecule has 2 aromatic heterocycles. The van der Waals surface area contributed by atoms with Gasteiger partial charge in [0.1, 0.15) is 5.75 Å². The first-order chi connectivity index (χ1) is 17.7. The van der Waals surface area contributed by atoms with Crippen molar-refractivity contribution in [2.45, 2.75) is 13.1 Å². The van der Waals surface area contributed by atoms with Crippen LogP contribution in [-0.4, -0.2) is 60.5 Å². The summed E-state index contributed by atoms with van der Waals surface area (Å²) in [5.74, 6) is 0.795. The molecule has 0 radical (unpaired) electrons. The molecule has 4 aromatic rings. The van der Waals surface area contributed by atoms with E-state index in [9.17, 15) is 4.79 Å². The molecule has 5 rings (SSSR count). The molecule has 3 heterocycles. The number of thiazole rings is 1. The molecule has 0 atom stereocenters. The second-order valence-corrected chi connectivity index (χ2v) is 10.6. The lowest BCUT2D eigenvalue weighted by atomic mass is 10.1. The summed E-state index contributed by atoms with van der Waals surface area (Å²) in [6.07, 6.45) is 0. The summed E-state index contributed by atoms with van der Waals surface area (Å²) in [5.41, 5.74) is 6.36. The maximum atomic E-state index is 13.0. The van der Waals surface area contributed by atoms with Crippen LogP contribution in [0.25, 0.3) is 10.4 Å². The Bertz CT molecular complexity index is 1240. The predicted octanol–water partition coefficient (Wildman–Crippen LogP) is 5.23. The third-order valence-electron chi connectivity index (χ3n) is 6.33. The predicted molar refractivity (Wildman–Crippen MR) is 148 cm³/mol. The highest BCUT2D eigenvalue weighted by Crippen LogP contribution is 2.30. The van der Waals surface area contributed by atoms with Gasteiger partial charge in [-0.05, 0) is 54.4 Å². The van der Waals surface area contributed by atoms with Crippen LogP contribution in [0.15, 0.2) is 76.9 Å². The van der Waals surface area contributed by atoms with Crippen molar-refractivity contribution >= 4 is 34.3 Å². The Morgan fingerprint density at radius 1 is 1.03 bits per heavy atom. The zero-order valence-electron chi connectivity index (χ0n) is 20.4. The fourth-order valence-corrected chi connectivity index (χ4v) is 5.74. The Balaban J connectivity index is 1.23. The van der Waals surface area contributed by atoms with E-state index in [0.717, 1.165) is 42.2 Å². The largest absolute Gasteiger partial charge is 0.483 e. The second-order valence-electron chi connectivity index (χ2n) is 8.94. The maximum Gasteiger partial charge on any atom is 0.260 e. The number of piperazine rings is 1. The van der Waals surface area contributed by atoms with Crippen LogP contribution in [0.2, 0.25) is 0 Å². The summed E-state index contributed by atoms with van der Waals surface area (Å²) in [7, 11) is 2.08. The highest BCUT2D eigenvalue weighted by molar-refractivity contribution is 7.13. The zero-order valence-corrected chi connectivity index (χ0v) is 22.0. The minimum atomic E-state index is 0.0341. The number of benzene rings is 2. The molecule has 186 valence electrons. The van der Waals surface area contributed by atoms with Crippen molar-refractivity contribution in [2.24, 2.45) is 0 Å². The number of carbonyl (C=O) groups excluding carboxylic acids is 1. The van der Waals surface area contributed by atoms with Gasteiger partial charge in [0.05, 0.1) is 11.2 Å². The molecule has 0 unspecified atom stereocenters. The van der Waals surface area contributed by atoms with Gasteiger partial charge in [-0.15, -0.1) is 22.7 Å². The standard InChI is InChI=1S/C28H30N4O2S2/c1-30(18-24-20-35-21-29-24)17-23-16-22(27-8-5-15-36-27)9-10-26(23)34-19-28(33)32-13-11-31(12-14-32)25-6-3-2-4-7-25/h2-10,15-16,20-21H,11-14,17-19H2,1H3. The minimum Gasteiger partial charge on any atom is -0.483 e. The Hall–Kier alpha value is -3.20. The molecule has 1 aliphatic heterocycles. The van der Waals surface area contributed by atoms with E-state index in [0.29, 0.717) is 19.6 Å². The first kappa shape index (κ1) is 24.5. The van der Waals surface area contributed by atoms with Crippen molar-refractivity contribution < 1.29 is 9.53 Å². The lowest BCUT2D eigenvalue weighted by molar-refractivity contribution is -0.133. The highest BCUT2D eigenvalue weighted by Gasteiger charge is 2.22. The Kier molecular flexibility index (Phi) is 7.95. The minimum absolute atomic E-state index is 0.0341. The molecule has 1 fully saturated rings. The van der Waals surface area contributed by atoms with Gasteiger partial charge in [0.15, 0.2) is 6.61 Å². The first-order valence-corrected chi connectivity index (χ1v) is 13.9. The number of hydrogen-bond acceptors (Lipinski definition) is 7. The molecule has 1 amide bonds. The van der Waals surface area contributed by atoms with Gasteiger partial charge in [-0.2, -0.15) is 0 Å². The normalized spacial score (nSPS) is 13.8. The lowest BCUT2D eigenvalue weighted by Crippen LogP contribution is -2.50. The molecule has 0 aliphatic carbocycles. The topological polar surface area (TPSA) is 48.9 Å². The van der Waals surface area contributed by atoms with Crippen LogP contribution < -0.4 is 9.64 Å². The van der Waals surface area contributed by atoms with Gasteiger partial charge in [-0.3, -0.25) is 9.69 Å². The van der Waals surface area contributed by atoms with Crippen molar-refractivity contribution in [3.05, 3.63) is 88.2 Å². The summed E-state index contributed by atoms with van der Waals surface area (Å²) in [4.78, 5) is 25.1. The van der Waals surface area contributed by atoms with Crippen LogP contribution >= 0.6 is 22.7 Å². The van der Waals surface area contributed by atoms with E-state index in [4.69, 9.17) is 4.74 Å². The number of ether oxygens (including phenoxy) is 1.